The summed E-state index contributed by atoms with van der Waals surface area (Å²) < 4.78 is 16.8. The summed E-state index contributed by atoms with van der Waals surface area (Å²) in [6.07, 6.45) is -1.50. The molecule has 1 aliphatic carbocycles. The molecule has 1 saturated heterocycles. The first-order valence-corrected chi connectivity index (χ1v) is 11.0. The molecule has 0 saturated carbocycles. The third-order valence-corrected chi connectivity index (χ3v) is 6.19. The van der Waals surface area contributed by atoms with Gasteiger partial charge in [-0.25, -0.2) is 0 Å². The minimum atomic E-state index is -1.50. The van der Waals surface area contributed by atoms with E-state index in [2.05, 4.69) is 13.8 Å². The van der Waals surface area contributed by atoms with Gasteiger partial charge >= 0.3 is 5.97 Å². The van der Waals surface area contributed by atoms with E-state index in [9.17, 15) is 25.2 Å². The lowest BCUT2D eigenvalue weighted by atomic mass is 9.84. The molecule has 8 heteroatoms. The van der Waals surface area contributed by atoms with Gasteiger partial charge in [0.05, 0.1) is 12.2 Å². The molecule has 0 aromatic heterocycles. The Labute approximate surface area is 184 Å². The molecule has 2 rings (SSSR count). The summed E-state index contributed by atoms with van der Waals surface area (Å²) >= 11 is 0. The van der Waals surface area contributed by atoms with Crippen molar-refractivity contribution in [2.45, 2.75) is 96.8 Å². The van der Waals surface area contributed by atoms with E-state index in [1.807, 2.05) is 26.0 Å². The van der Waals surface area contributed by atoms with Gasteiger partial charge < -0.3 is 34.6 Å². The molecule has 1 aliphatic heterocycles. The van der Waals surface area contributed by atoms with E-state index < -0.39 is 48.9 Å². The fraction of sp³-hybridized carbons (Fsp3) is 0.783. The van der Waals surface area contributed by atoms with Gasteiger partial charge in [-0.2, -0.15) is 0 Å². The van der Waals surface area contributed by atoms with Gasteiger partial charge in [-0.3, -0.25) is 4.79 Å². The monoisotopic (exact) mass is 442 g/mol. The molecule has 8 atom stereocenters. The van der Waals surface area contributed by atoms with Crippen LogP contribution in [-0.2, 0) is 19.0 Å². The van der Waals surface area contributed by atoms with Gasteiger partial charge in [0.1, 0.15) is 31.0 Å². The van der Waals surface area contributed by atoms with Gasteiger partial charge in [0.25, 0.3) is 0 Å². The van der Waals surface area contributed by atoms with Crippen molar-refractivity contribution in [3.05, 3.63) is 23.3 Å². The molecule has 1 fully saturated rings. The zero-order valence-corrected chi connectivity index (χ0v) is 19.1. The summed E-state index contributed by atoms with van der Waals surface area (Å²) in [4.78, 5) is 11.1. The van der Waals surface area contributed by atoms with Gasteiger partial charge in [-0.05, 0) is 50.5 Å². The number of hydrogen-bond acceptors (Lipinski definition) is 8. The number of ether oxygens (including phenoxy) is 3. The first-order chi connectivity index (χ1) is 14.5. The lowest BCUT2D eigenvalue weighted by Crippen LogP contribution is -2.60. The smallest absolute Gasteiger partial charge is 0.302 e. The van der Waals surface area contributed by atoms with Crippen LogP contribution in [0.5, 0.6) is 0 Å². The SMILES string of the molecule is CC(=O)OCC1OC(OC2/C=C(\C)CCC(O)C(C)=CCC2C(C)C)C(O)C(O)C1O. The van der Waals surface area contributed by atoms with Crippen molar-refractivity contribution in [1.82, 2.24) is 0 Å². The number of allylic oxidation sites excluding steroid dienone is 2. The highest BCUT2D eigenvalue weighted by Crippen LogP contribution is 2.31. The van der Waals surface area contributed by atoms with Gasteiger partial charge in [0.2, 0.25) is 0 Å². The molecule has 8 unspecified atom stereocenters. The van der Waals surface area contributed by atoms with E-state index in [1.54, 1.807) is 0 Å². The fourth-order valence-electron chi connectivity index (χ4n) is 3.98. The Bertz CT molecular complexity index is 658. The highest BCUT2D eigenvalue weighted by Gasteiger charge is 2.46. The summed E-state index contributed by atoms with van der Waals surface area (Å²) in [5, 5.41) is 41.3. The molecule has 0 aromatic carbocycles. The van der Waals surface area contributed by atoms with Crippen molar-refractivity contribution in [2.24, 2.45) is 11.8 Å². The van der Waals surface area contributed by atoms with Crippen molar-refractivity contribution < 1.29 is 39.4 Å². The van der Waals surface area contributed by atoms with Crippen LogP contribution in [-0.4, -0.2) is 75.9 Å². The molecule has 2 aliphatic rings. The van der Waals surface area contributed by atoms with Crippen molar-refractivity contribution in [2.75, 3.05) is 6.61 Å². The maximum absolute atomic E-state index is 11.1. The Hall–Kier alpha value is -1.29. The molecule has 0 spiro atoms. The zero-order chi connectivity index (χ0) is 23.3. The normalized spacial score (nSPS) is 39.4. The Morgan fingerprint density at radius 3 is 2.45 bits per heavy atom. The van der Waals surface area contributed by atoms with Crippen LogP contribution in [0.1, 0.15) is 53.9 Å². The van der Waals surface area contributed by atoms with Crippen LogP contribution in [0.4, 0.5) is 0 Å². The summed E-state index contributed by atoms with van der Waals surface area (Å²) in [5.74, 6) is -0.284. The van der Waals surface area contributed by atoms with E-state index in [0.29, 0.717) is 19.3 Å². The highest BCUT2D eigenvalue weighted by atomic mass is 16.7. The lowest BCUT2D eigenvalue weighted by molar-refractivity contribution is -0.312. The Morgan fingerprint density at radius 1 is 1.16 bits per heavy atom. The van der Waals surface area contributed by atoms with Crippen molar-refractivity contribution in [3.63, 3.8) is 0 Å². The summed E-state index contributed by atoms with van der Waals surface area (Å²) in [7, 11) is 0. The molecule has 1 heterocycles. The second kappa shape index (κ2) is 11.5. The van der Waals surface area contributed by atoms with Crippen LogP contribution in [0.25, 0.3) is 0 Å². The van der Waals surface area contributed by atoms with Crippen LogP contribution in [0, 0.1) is 11.8 Å². The molecular weight excluding hydrogens is 404 g/mol. The summed E-state index contributed by atoms with van der Waals surface area (Å²) in [6.45, 7) is 9.03. The zero-order valence-electron chi connectivity index (χ0n) is 19.1. The van der Waals surface area contributed by atoms with E-state index in [4.69, 9.17) is 14.2 Å². The summed E-state index contributed by atoms with van der Waals surface area (Å²) in [5.41, 5.74) is 1.97. The minimum Gasteiger partial charge on any atom is -0.463 e. The number of rotatable bonds is 5. The average molecular weight is 443 g/mol. The molecule has 8 nitrogen and oxygen atoms in total. The maximum Gasteiger partial charge on any atom is 0.302 e. The molecule has 178 valence electrons. The van der Waals surface area contributed by atoms with Gasteiger partial charge in [0.15, 0.2) is 6.29 Å². The second-order valence-corrected chi connectivity index (χ2v) is 9.08. The van der Waals surface area contributed by atoms with E-state index >= 15 is 0 Å². The van der Waals surface area contributed by atoms with Crippen molar-refractivity contribution in [1.29, 1.82) is 0 Å². The molecule has 4 N–H and O–H groups in total. The predicted octanol–water partition coefficient (Wildman–Crippen LogP) is 1.45. The minimum absolute atomic E-state index is 0.0295. The Kier molecular flexibility index (Phi) is 9.66. The summed E-state index contributed by atoms with van der Waals surface area (Å²) in [6, 6.07) is 0. The van der Waals surface area contributed by atoms with Crippen LogP contribution in [0.15, 0.2) is 23.3 Å². The standard InChI is InChI=1S/C23H38O8/c1-12(2)16-8-7-14(4)17(25)9-6-13(3)10-18(16)30-23-22(28)21(27)20(26)19(31-23)11-29-15(5)24/h7,10,12,16-23,25-28H,6,8-9,11H2,1-5H3/b13-10+,14-7?. The number of carbonyl (C=O) groups excluding carboxylic acids is 1. The van der Waals surface area contributed by atoms with Crippen LogP contribution < -0.4 is 0 Å². The third-order valence-electron chi connectivity index (χ3n) is 6.19. The molecule has 0 aromatic rings. The molecule has 0 bridgehead atoms. The quantitative estimate of drug-likeness (QED) is 0.372. The number of esters is 1. The van der Waals surface area contributed by atoms with Gasteiger partial charge in [-0.1, -0.05) is 31.6 Å². The Morgan fingerprint density at radius 2 is 1.84 bits per heavy atom. The first-order valence-electron chi connectivity index (χ1n) is 11.0. The van der Waals surface area contributed by atoms with Gasteiger partial charge in [0, 0.05) is 6.92 Å². The predicted molar refractivity (Wildman–Crippen MR) is 114 cm³/mol. The number of aliphatic hydroxyl groups excluding tert-OH is 4. The number of hydrogen-bond donors (Lipinski definition) is 4. The van der Waals surface area contributed by atoms with E-state index in [-0.39, 0.29) is 18.4 Å². The van der Waals surface area contributed by atoms with Crippen LogP contribution in [0.3, 0.4) is 0 Å². The first kappa shape index (κ1) is 26.0. The van der Waals surface area contributed by atoms with E-state index in [1.165, 1.54) is 6.92 Å². The highest BCUT2D eigenvalue weighted by molar-refractivity contribution is 5.65. The molecule has 31 heavy (non-hydrogen) atoms. The third kappa shape index (κ3) is 7.10. The number of carbonyl (C=O) groups is 1. The fourth-order valence-corrected chi connectivity index (χ4v) is 3.98. The van der Waals surface area contributed by atoms with Crippen molar-refractivity contribution >= 4 is 5.97 Å². The molecular formula is C23H38O8. The molecule has 0 radical (unpaired) electrons. The maximum atomic E-state index is 11.1. The largest absolute Gasteiger partial charge is 0.463 e. The average Bonchev–Trinajstić information content (AvgIpc) is 2.70. The number of aliphatic hydroxyl groups is 4. The topological polar surface area (TPSA) is 126 Å². The molecule has 0 amide bonds. The van der Waals surface area contributed by atoms with Crippen LogP contribution in [0.2, 0.25) is 0 Å². The van der Waals surface area contributed by atoms with Crippen LogP contribution >= 0.6 is 0 Å². The second-order valence-electron chi connectivity index (χ2n) is 9.08. The lowest BCUT2D eigenvalue weighted by Gasteiger charge is -2.42. The Balaban J connectivity index is 2.26. The van der Waals surface area contributed by atoms with Gasteiger partial charge in [-0.15, -0.1) is 0 Å². The van der Waals surface area contributed by atoms with Crippen molar-refractivity contribution in [3.8, 4) is 0 Å². The van der Waals surface area contributed by atoms with E-state index in [0.717, 1.165) is 11.1 Å².